The Morgan fingerprint density at radius 2 is 2.16 bits per heavy atom. The van der Waals surface area contributed by atoms with Gasteiger partial charge in [0.05, 0.1) is 7.11 Å². The maximum Gasteiger partial charge on any atom is 0.250 e. The third kappa shape index (κ3) is 3.94. The second-order valence-corrected chi connectivity index (χ2v) is 6.54. The Bertz CT molecular complexity index is 994. The van der Waals surface area contributed by atoms with E-state index in [9.17, 15) is 4.79 Å². The fourth-order valence-corrected chi connectivity index (χ4v) is 3.26. The minimum atomic E-state index is -0.193. The van der Waals surface area contributed by atoms with E-state index in [2.05, 4.69) is 15.2 Å². The van der Waals surface area contributed by atoms with Crippen LogP contribution in [0.3, 0.4) is 0 Å². The van der Waals surface area contributed by atoms with Gasteiger partial charge in [-0.15, -0.1) is 11.3 Å². The Labute approximate surface area is 153 Å². The molecule has 0 saturated heterocycles. The highest BCUT2D eigenvalue weighted by molar-refractivity contribution is 7.71. The first-order valence-corrected chi connectivity index (χ1v) is 8.84. The van der Waals surface area contributed by atoms with Gasteiger partial charge in [-0.25, -0.2) is 0 Å². The van der Waals surface area contributed by atoms with Gasteiger partial charge in [0.1, 0.15) is 5.75 Å². The molecule has 1 aromatic carbocycles. The van der Waals surface area contributed by atoms with Gasteiger partial charge in [0, 0.05) is 37.2 Å². The van der Waals surface area contributed by atoms with Crippen molar-refractivity contribution in [3.63, 3.8) is 0 Å². The number of hydrogen-bond donors (Lipinski definition) is 1. The van der Waals surface area contributed by atoms with E-state index in [-0.39, 0.29) is 12.3 Å². The van der Waals surface area contributed by atoms with Crippen molar-refractivity contribution in [3.05, 3.63) is 45.4 Å². The maximum atomic E-state index is 12.1. The molecule has 0 radical (unpaired) electrons. The molecular weight excluding hydrogens is 358 g/mol. The molecule has 7 nitrogen and oxygen atoms in total. The van der Waals surface area contributed by atoms with E-state index in [4.69, 9.17) is 17.0 Å². The Kier molecular flexibility index (Phi) is 5.25. The number of ether oxygens (including phenoxy) is 1. The molecule has 1 N–H and O–H groups in total. The zero-order valence-corrected chi connectivity index (χ0v) is 15.4. The van der Waals surface area contributed by atoms with E-state index in [0.29, 0.717) is 21.9 Å². The van der Waals surface area contributed by atoms with Gasteiger partial charge in [0.2, 0.25) is 5.91 Å². The number of nitrogens with one attached hydrogen (secondary N) is 1. The summed E-state index contributed by atoms with van der Waals surface area (Å²) in [4.78, 5) is 16.9. The summed E-state index contributed by atoms with van der Waals surface area (Å²) < 4.78 is 9.26. The number of aryl methyl sites for hydroxylation is 1. The molecule has 3 rings (SSSR count). The lowest BCUT2D eigenvalue weighted by Gasteiger charge is -2.06. The second-order valence-electron chi connectivity index (χ2n) is 5.28. The predicted molar refractivity (Wildman–Crippen MR) is 97.9 cm³/mol. The number of aromatic amines is 1. The number of hydrogen-bond acceptors (Lipinski definition) is 5. The van der Waals surface area contributed by atoms with E-state index in [1.54, 1.807) is 11.7 Å². The van der Waals surface area contributed by atoms with Gasteiger partial charge >= 0.3 is 0 Å². The van der Waals surface area contributed by atoms with Crippen molar-refractivity contribution in [2.45, 2.75) is 13.0 Å². The number of carbonyl (C=O) groups excluding carboxylic acids is 1. The topological polar surface area (TPSA) is 77.2 Å². The summed E-state index contributed by atoms with van der Waals surface area (Å²) in [5.74, 6) is 1.26. The van der Waals surface area contributed by atoms with Gasteiger partial charge in [-0.3, -0.25) is 14.5 Å². The van der Waals surface area contributed by atoms with Gasteiger partial charge < -0.3 is 9.30 Å². The molecule has 0 aliphatic carbocycles. The van der Waals surface area contributed by atoms with E-state index in [1.807, 2.05) is 47.5 Å². The van der Waals surface area contributed by atoms with Crippen LogP contribution in [0.5, 0.6) is 5.75 Å². The maximum absolute atomic E-state index is 12.1. The van der Waals surface area contributed by atoms with Crippen LogP contribution in [0, 0.1) is 4.77 Å². The second kappa shape index (κ2) is 7.58. The van der Waals surface area contributed by atoms with Gasteiger partial charge in [0.15, 0.2) is 15.4 Å². The number of methoxy groups -OCH3 is 1. The molecule has 0 fully saturated rings. The molecule has 0 spiro atoms. The van der Waals surface area contributed by atoms with Crippen molar-refractivity contribution < 1.29 is 9.53 Å². The van der Waals surface area contributed by atoms with Crippen LogP contribution < -0.4 is 9.54 Å². The van der Waals surface area contributed by atoms with E-state index in [0.717, 1.165) is 11.3 Å². The lowest BCUT2D eigenvalue weighted by Crippen LogP contribution is -2.14. The number of rotatable bonds is 5. The fraction of sp³-hybridized carbons (Fsp3) is 0.250. The molecule has 2 heterocycles. The lowest BCUT2D eigenvalue weighted by atomic mass is 10.2. The Morgan fingerprint density at radius 1 is 1.40 bits per heavy atom. The summed E-state index contributed by atoms with van der Waals surface area (Å²) in [5, 5.41) is 8.94. The first-order valence-electron chi connectivity index (χ1n) is 7.56. The van der Waals surface area contributed by atoms with Crippen molar-refractivity contribution in [2.75, 3.05) is 7.11 Å². The summed E-state index contributed by atoms with van der Waals surface area (Å²) in [7, 11) is 3.48. The van der Waals surface area contributed by atoms with Gasteiger partial charge in [-0.2, -0.15) is 10.1 Å². The van der Waals surface area contributed by atoms with Crippen LogP contribution in [0.1, 0.15) is 6.42 Å². The number of amides is 1. The van der Waals surface area contributed by atoms with Crippen LogP contribution in [-0.2, 0) is 18.4 Å². The highest BCUT2D eigenvalue weighted by Crippen LogP contribution is 2.21. The molecule has 1 amide bonds. The van der Waals surface area contributed by atoms with E-state index in [1.165, 1.54) is 11.3 Å². The summed E-state index contributed by atoms with van der Waals surface area (Å²) in [6.07, 6.45) is 2.11. The highest BCUT2D eigenvalue weighted by atomic mass is 32.1. The molecule has 0 atom stereocenters. The quantitative estimate of drug-likeness (QED) is 0.695. The van der Waals surface area contributed by atoms with Crippen LogP contribution in [0.2, 0.25) is 0 Å². The molecule has 0 aliphatic rings. The molecule has 130 valence electrons. The minimum Gasteiger partial charge on any atom is -0.497 e. The zero-order chi connectivity index (χ0) is 17.8. The van der Waals surface area contributed by atoms with Crippen LogP contribution in [-0.4, -0.2) is 32.3 Å². The summed E-state index contributed by atoms with van der Waals surface area (Å²) in [6.45, 7) is 0.411. The van der Waals surface area contributed by atoms with Crippen LogP contribution in [0.4, 0.5) is 0 Å². The lowest BCUT2D eigenvalue weighted by molar-refractivity contribution is -0.118. The minimum absolute atomic E-state index is 0.193. The monoisotopic (exact) mass is 375 g/mol. The van der Waals surface area contributed by atoms with Crippen molar-refractivity contribution in [3.8, 4) is 17.1 Å². The first-order chi connectivity index (χ1) is 12.1. The van der Waals surface area contributed by atoms with Gasteiger partial charge in [0.25, 0.3) is 0 Å². The van der Waals surface area contributed by atoms with Gasteiger partial charge in [-0.05, 0) is 36.5 Å². The third-order valence-corrected chi connectivity index (χ3v) is 4.80. The number of thiazole rings is 1. The van der Waals surface area contributed by atoms with Crippen LogP contribution in [0.25, 0.3) is 11.4 Å². The Morgan fingerprint density at radius 3 is 2.80 bits per heavy atom. The summed E-state index contributed by atoms with van der Waals surface area (Å²) in [6, 6.07) is 7.51. The number of H-pyrrole nitrogens is 1. The summed E-state index contributed by atoms with van der Waals surface area (Å²) in [5.41, 5.74) is 0.891. The van der Waals surface area contributed by atoms with Crippen molar-refractivity contribution in [1.29, 1.82) is 0 Å². The average Bonchev–Trinajstić information content (AvgIpc) is 3.19. The van der Waals surface area contributed by atoms with Crippen LogP contribution >= 0.6 is 23.6 Å². The van der Waals surface area contributed by atoms with Crippen LogP contribution in [0.15, 0.2) is 40.8 Å². The Hall–Kier alpha value is -2.52. The molecule has 0 unspecified atom stereocenters. The average molecular weight is 375 g/mol. The zero-order valence-electron chi connectivity index (χ0n) is 13.8. The molecule has 9 heteroatoms. The predicted octanol–water partition coefficient (Wildman–Crippen LogP) is 2.53. The molecule has 3 aromatic rings. The van der Waals surface area contributed by atoms with Gasteiger partial charge in [-0.1, -0.05) is 0 Å². The summed E-state index contributed by atoms with van der Waals surface area (Å²) >= 11 is 6.71. The largest absolute Gasteiger partial charge is 0.497 e. The number of benzene rings is 1. The first kappa shape index (κ1) is 17.3. The molecule has 2 aromatic heterocycles. The molecular formula is C16H17N5O2S2. The third-order valence-electron chi connectivity index (χ3n) is 3.64. The standard InChI is InChI=1S/C16H17N5O2S2/c1-20-9-10-25-16(20)17-13(22)7-8-21-14(18-19-15(21)24)11-3-5-12(23-2)6-4-11/h3-6,9-10H,7-8H2,1-2H3,(H,19,24). The van der Waals surface area contributed by atoms with E-state index < -0.39 is 0 Å². The molecule has 25 heavy (non-hydrogen) atoms. The number of nitrogens with zero attached hydrogens (tertiary/aromatic N) is 4. The molecule has 0 bridgehead atoms. The fourth-order valence-electron chi connectivity index (χ4n) is 2.29. The normalized spacial score (nSPS) is 11.7. The van der Waals surface area contributed by atoms with Crippen molar-refractivity contribution in [2.24, 2.45) is 12.0 Å². The highest BCUT2D eigenvalue weighted by Gasteiger charge is 2.11. The smallest absolute Gasteiger partial charge is 0.250 e. The Balaban J connectivity index is 1.79. The van der Waals surface area contributed by atoms with Crippen molar-refractivity contribution >= 4 is 29.5 Å². The number of aromatic nitrogens is 4. The van der Waals surface area contributed by atoms with E-state index >= 15 is 0 Å². The SMILES string of the molecule is COc1ccc(-c2n[nH]c(=S)n2CCC(=O)N=c2sccn2C)cc1. The number of carbonyl (C=O) groups is 1. The van der Waals surface area contributed by atoms with Crippen molar-refractivity contribution in [1.82, 2.24) is 19.3 Å². The molecule has 0 aliphatic heterocycles. The molecule has 0 saturated carbocycles.